The lowest BCUT2D eigenvalue weighted by molar-refractivity contribution is 0.0504. The van der Waals surface area contributed by atoms with E-state index < -0.39 is 0 Å². The molecule has 3 rings (SSSR count). The first-order valence-electron chi connectivity index (χ1n) is 9.65. The van der Waals surface area contributed by atoms with Gasteiger partial charge in [-0.15, -0.1) is 0 Å². The summed E-state index contributed by atoms with van der Waals surface area (Å²) >= 11 is 0. The molecule has 122 valence electrons. The van der Waals surface area contributed by atoms with Gasteiger partial charge in [0.2, 0.25) is 0 Å². The minimum Gasteiger partial charge on any atom is -0.315 e. The van der Waals surface area contributed by atoms with Crippen LogP contribution in [0.2, 0.25) is 0 Å². The van der Waals surface area contributed by atoms with Crippen molar-refractivity contribution >= 4 is 0 Å². The first kappa shape index (κ1) is 15.8. The average molecular weight is 293 g/mol. The Kier molecular flexibility index (Phi) is 4.95. The number of likely N-dealkylation sites (N-methyl/N-ethyl adjacent to an activating group) is 1. The van der Waals surface area contributed by atoms with E-state index in [0.29, 0.717) is 11.6 Å². The van der Waals surface area contributed by atoms with Crippen molar-refractivity contribution in [3.8, 4) is 0 Å². The van der Waals surface area contributed by atoms with Crippen molar-refractivity contribution in [3.63, 3.8) is 0 Å². The van der Waals surface area contributed by atoms with Gasteiger partial charge in [-0.05, 0) is 89.3 Å². The quantitative estimate of drug-likeness (QED) is 0.761. The molecule has 2 nitrogen and oxygen atoms in total. The van der Waals surface area contributed by atoms with Crippen LogP contribution in [0.4, 0.5) is 0 Å². The van der Waals surface area contributed by atoms with Gasteiger partial charge in [0.25, 0.3) is 0 Å². The summed E-state index contributed by atoms with van der Waals surface area (Å²) in [5.74, 6) is 3.17. The van der Waals surface area contributed by atoms with Crippen molar-refractivity contribution in [1.29, 1.82) is 0 Å². The van der Waals surface area contributed by atoms with Crippen LogP contribution in [0.5, 0.6) is 0 Å². The highest BCUT2D eigenvalue weighted by Crippen LogP contribution is 2.51. The predicted octanol–water partition coefficient (Wildman–Crippen LogP) is 4.06. The van der Waals surface area contributed by atoms with E-state index in [2.05, 4.69) is 31.1 Å². The molecule has 1 saturated heterocycles. The zero-order valence-electron chi connectivity index (χ0n) is 14.5. The lowest BCUT2D eigenvalue weighted by atomic mass is 9.75. The van der Waals surface area contributed by atoms with Gasteiger partial charge in [0.05, 0.1) is 0 Å². The zero-order valence-corrected chi connectivity index (χ0v) is 14.5. The normalized spacial score (nSPS) is 34.7. The highest BCUT2D eigenvalue weighted by atomic mass is 15.2. The third-order valence-corrected chi connectivity index (χ3v) is 7.38. The Balaban J connectivity index is 1.72. The van der Waals surface area contributed by atoms with Gasteiger partial charge in [0, 0.05) is 11.6 Å². The maximum Gasteiger partial charge on any atom is 0.0357 e. The minimum atomic E-state index is 0.410. The standard InChI is InChI=1S/C19H36N2/c1-4-19(5-2,21-10-6-7-11-21)18(20-3)14-17-13-15-8-9-16(17)12-15/h15-18,20H,4-14H2,1-3H3. The maximum atomic E-state index is 3.77. The molecule has 4 atom stereocenters. The second-order valence-electron chi connectivity index (χ2n) is 8.02. The highest BCUT2D eigenvalue weighted by Gasteiger charge is 2.46. The van der Waals surface area contributed by atoms with Gasteiger partial charge in [-0.3, -0.25) is 4.90 Å². The molecule has 0 aromatic carbocycles. The van der Waals surface area contributed by atoms with Crippen LogP contribution in [0.25, 0.3) is 0 Å². The Hall–Kier alpha value is -0.0800. The molecule has 3 aliphatic rings. The van der Waals surface area contributed by atoms with Crippen molar-refractivity contribution in [2.24, 2.45) is 17.8 Å². The van der Waals surface area contributed by atoms with E-state index in [1.807, 2.05) is 0 Å². The van der Waals surface area contributed by atoms with Crippen LogP contribution in [-0.2, 0) is 0 Å². The van der Waals surface area contributed by atoms with Gasteiger partial charge in [-0.25, -0.2) is 0 Å². The van der Waals surface area contributed by atoms with Gasteiger partial charge in [-0.2, -0.15) is 0 Å². The van der Waals surface area contributed by atoms with Crippen molar-refractivity contribution < 1.29 is 0 Å². The lowest BCUT2D eigenvalue weighted by Crippen LogP contribution is -2.60. The van der Waals surface area contributed by atoms with Crippen molar-refractivity contribution in [3.05, 3.63) is 0 Å². The van der Waals surface area contributed by atoms with Crippen LogP contribution in [0.15, 0.2) is 0 Å². The lowest BCUT2D eigenvalue weighted by Gasteiger charge is -2.48. The monoisotopic (exact) mass is 292 g/mol. The topological polar surface area (TPSA) is 15.3 Å². The number of hydrogen-bond donors (Lipinski definition) is 1. The molecule has 0 aromatic rings. The average Bonchev–Trinajstić information content (AvgIpc) is 3.25. The Morgan fingerprint density at radius 2 is 1.81 bits per heavy atom. The summed E-state index contributed by atoms with van der Waals surface area (Å²) in [6.45, 7) is 7.51. The van der Waals surface area contributed by atoms with Crippen LogP contribution < -0.4 is 5.32 Å². The van der Waals surface area contributed by atoms with Crippen molar-refractivity contribution in [1.82, 2.24) is 10.2 Å². The Morgan fingerprint density at radius 1 is 1.10 bits per heavy atom. The Bertz CT molecular complexity index is 330. The molecule has 1 N–H and O–H groups in total. The fourth-order valence-corrected chi connectivity index (χ4v) is 6.15. The fourth-order valence-electron chi connectivity index (χ4n) is 6.15. The van der Waals surface area contributed by atoms with E-state index in [9.17, 15) is 0 Å². The second-order valence-corrected chi connectivity index (χ2v) is 8.02. The molecule has 1 aliphatic heterocycles. The molecule has 21 heavy (non-hydrogen) atoms. The molecule has 0 amide bonds. The number of nitrogens with one attached hydrogen (secondary N) is 1. The summed E-state index contributed by atoms with van der Waals surface area (Å²) in [5, 5.41) is 3.77. The van der Waals surface area contributed by atoms with E-state index >= 15 is 0 Å². The largest absolute Gasteiger partial charge is 0.315 e. The summed E-state index contributed by atoms with van der Waals surface area (Å²) in [4.78, 5) is 2.83. The smallest absolute Gasteiger partial charge is 0.0357 e. The van der Waals surface area contributed by atoms with Crippen molar-refractivity contribution in [2.75, 3.05) is 20.1 Å². The Labute approximate surface area is 132 Å². The molecule has 2 saturated carbocycles. The predicted molar refractivity (Wildman–Crippen MR) is 90.5 cm³/mol. The van der Waals surface area contributed by atoms with Crippen molar-refractivity contribution in [2.45, 2.75) is 83.2 Å². The summed E-state index contributed by atoms with van der Waals surface area (Å²) in [6.07, 6.45) is 13.0. The van der Waals surface area contributed by atoms with Gasteiger partial charge >= 0.3 is 0 Å². The SMILES string of the molecule is CCC(CC)(C(CC1CC2CCC1C2)NC)N1CCCC1. The summed E-state index contributed by atoms with van der Waals surface area (Å²) < 4.78 is 0. The number of nitrogens with zero attached hydrogens (tertiary/aromatic N) is 1. The molecule has 3 fully saturated rings. The van der Waals surface area contributed by atoms with Crippen LogP contribution in [0.3, 0.4) is 0 Å². The minimum absolute atomic E-state index is 0.410. The molecule has 2 aliphatic carbocycles. The Morgan fingerprint density at radius 3 is 2.29 bits per heavy atom. The molecule has 2 heteroatoms. The second kappa shape index (κ2) is 6.58. The molecule has 0 aromatic heterocycles. The highest BCUT2D eigenvalue weighted by molar-refractivity contribution is 5.02. The van der Waals surface area contributed by atoms with Gasteiger partial charge < -0.3 is 5.32 Å². The van der Waals surface area contributed by atoms with E-state index in [-0.39, 0.29) is 0 Å². The van der Waals surface area contributed by atoms with E-state index in [0.717, 1.165) is 17.8 Å². The van der Waals surface area contributed by atoms with Crippen LogP contribution in [0.1, 0.15) is 71.6 Å². The number of hydrogen-bond acceptors (Lipinski definition) is 2. The summed E-state index contributed by atoms with van der Waals surface area (Å²) in [7, 11) is 2.22. The first-order valence-corrected chi connectivity index (χ1v) is 9.65. The molecule has 0 spiro atoms. The maximum absolute atomic E-state index is 3.77. The summed E-state index contributed by atoms with van der Waals surface area (Å²) in [5.41, 5.74) is 0.410. The van der Waals surface area contributed by atoms with E-state index in [1.165, 1.54) is 64.5 Å². The van der Waals surface area contributed by atoms with E-state index in [4.69, 9.17) is 0 Å². The summed E-state index contributed by atoms with van der Waals surface area (Å²) in [6, 6.07) is 0.690. The third kappa shape index (κ3) is 2.79. The van der Waals surface area contributed by atoms with Gasteiger partial charge in [0.1, 0.15) is 0 Å². The zero-order chi connectivity index (χ0) is 14.9. The molecular formula is C19H36N2. The first-order chi connectivity index (χ1) is 10.2. The number of rotatable bonds is 7. The fraction of sp³-hybridized carbons (Fsp3) is 1.00. The molecule has 1 heterocycles. The van der Waals surface area contributed by atoms with Gasteiger partial charge in [0.15, 0.2) is 0 Å². The third-order valence-electron chi connectivity index (χ3n) is 7.38. The van der Waals surface area contributed by atoms with E-state index in [1.54, 1.807) is 6.42 Å². The van der Waals surface area contributed by atoms with Crippen LogP contribution in [-0.4, -0.2) is 36.6 Å². The molecular weight excluding hydrogens is 256 g/mol. The van der Waals surface area contributed by atoms with Gasteiger partial charge in [-0.1, -0.05) is 20.3 Å². The number of fused-ring (bicyclic) bond motifs is 2. The molecule has 4 unspecified atom stereocenters. The number of likely N-dealkylation sites (tertiary alicyclic amines) is 1. The molecule has 0 radical (unpaired) electrons. The van der Waals surface area contributed by atoms with Crippen LogP contribution >= 0.6 is 0 Å². The molecule has 2 bridgehead atoms. The van der Waals surface area contributed by atoms with Crippen LogP contribution in [0, 0.1) is 17.8 Å².